The van der Waals surface area contributed by atoms with Crippen molar-refractivity contribution in [3.8, 4) is 0 Å². The summed E-state index contributed by atoms with van der Waals surface area (Å²) in [4.78, 5) is 26.6. The number of nitrogens with zero attached hydrogens (tertiary/aromatic N) is 1. The zero-order chi connectivity index (χ0) is 16.7. The van der Waals surface area contributed by atoms with Gasteiger partial charge < -0.3 is 10.6 Å². The predicted octanol–water partition coefficient (Wildman–Crippen LogP) is 1.42. The quantitative estimate of drug-likeness (QED) is 0.825. The smallest absolute Gasteiger partial charge is 0.242 e. The summed E-state index contributed by atoms with van der Waals surface area (Å²) in [5.74, 6) is 1.80. The van der Waals surface area contributed by atoms with Crippen molar-refractivity contribution in [1.82, 2.24) is 15.5 Å². The molecule has 0 saturated carbocycles. The number of carbonyl (C=O) groups is 2. The lowest BCUT2D eigenvalue weighted by atomic mass is 10.0. The Hall–Kier alpha value is -1.53. The van der Waals surface area contributed by atoms with Crippen LogP contribution in [0.25, 0.3) is 0 Å². The van der Waals surface area contributed by atoms with Crippen molar-refractivity contribution in [2.75, 3.05) is 31.1 Å². The highest BCUT2D eigenvalue weighted by atomic mass is 32.2. The van der Waals surface area contributed by atoms with Crippen molar-refractivity contribution in [1.29, 1.82) is 0 Å². The van der Waals surface area contributed by atoms with Crippen molar-refractivity contribution in [2.24, 2.45) is 0 Å². The zero-order valence-corrected chi connectivity index (χ0v) is 14.6. The molecule has 1 atom stereocenters. The third-order valence-electron chi connectivity index (χ3n) is 3.65. The minimum Gasteiger partial charge on any atom is -0.352 e. The first-order valence-electron chi connectivity index (χ1n) is 8.01. The number of nitrogens with one attached hydrogen (secondary N) is 2. The number of benzene rings is 1. The molecule has 5 nitrogen and oxygen atoms in total. The number of thioether (sulfide) groups is 1. The SMILES string of the molecule is CC(C)NC(=O)CNC(=O)C(c1ccccc1)N1CCSCC1. The largest absolute Gasteiger partial charge is 0.352 e. The maximum Gasteiger partial charge on any atom is 0.242 e. The second-order valence-corrected chi connectivity index (χ2v) is 7.13. The molecule has 1 saturated heterocycles. The van der Waals surface area contributed by atoms with Crippen molar-refractivity contribution in [3.05, 3.63) is 35.9 Å². The Morgan fingerprint density at radius 3 is 2.43 bits per heavy atom. The average Bonchev–Trinajstić information content (AvgIpc) is 2.55. The van der Waals surface area contributed by atoms with Crippen LogP contribution in [0.2, 0.25) is 0 Å². The third-order valence-corrected chi connectivity index (χ3v) is 4.59. The molecule has 0 aliphatic carbocycles. The summed E-state index contributed by atoms with van der Waals surface area (Å²) in [5.41, 5.74) is 0.973. The maximum atomic E-state index is 12.7. The van der Waals surface area contributed by atoms with Crippen LogP contribution in [0.15, 0.2) is 30.3 Å². The van der Waals surface area contributed by atoms with Gasteiger partial charge in [0.1, 0.15) is 6.04 Å². The summed E-state index contributed by atoms with van der Waals surface area (Å²) in [6, 6.07) is 9.52. The Labute approximate surface area is 142 Å². The highest BCUT2D eigenvalue weighted by Crippen LogP contribution is 2.24. The summed E-state index contributed by atoms with van der Waals surface area (Å²) in [6.45, 7) is 5.59. The zero-order valence-electron chi connectivity index (χ0n) is 13.7. The Bertz CT molecular complexity index is 516. The van der Waals surface area contributed by atoms with Crippen LogP contribution in [0.5, 0.6) is 0 Å². The minimum atomic E-state index is -0.330. The molecule has 1 unspecified atom stereocenters. The second kappa shape index (κ2) is 8.93. The van der Waals surface area contributed by atoms with Crippen molar-refractivity contribution in [3.63, 3.8) is 0 Å². The fraction of sp³-hybridized carbons (Fsp3) is 0.529. The molecule has 6 heteroatoms. The second-order valence-electron chi connectivity index (χ2n) is 5.90. The van der Waals surface area contributed by atoms with Crippen LogP contribution < -0.4 is 10.6 Å². The van der Waals surface area contributed by atoms with E-state index in [0.29, 0.717) is 0 Å². The lowest BCUT2D eigenvalue weighted by Gasteiger charge is -2.33. The Morgan fingerprint density at radius 2 is 1.83 bits per heavy atom. The number of hydrogen-bond donors (Lipinski definition) is 2. The van der Waals surface area contributed by atoms with E-state index in [2.05, 4.69) is 15.5 Å². The van der Waals surface area contributed by atoms with E-state index in [9.17, 15) is 9.59 Å². The minimum absolute atomic E-state index is 0.0168. The van der Waals surface area contributed by atoms with Gasteiger partial charge in [-0.2, -0.15) is 11.8 Å². The van der Waals surface area contributed by atoms with E-state index < -0.39 is 0 Å². The molecule has 2 N–H and O–H groups in total. The van der Waals surface area contributed by atoms with Crippen LogP contribution in [0.1, 0.15) is 25.5 Å². The highest BCUT2D eigenvalue weighted by Gasteiger charge is 2.28. The van der Waals surface area contributed by atoms with Gasteiger partial charge in [0.2, 0.25) is 11.8 Å². The van der Waals surface area contributed by atoms with Gasteiger partial charge in [-0.05, 0) is 19.4 Å². The topological polar surface area (TPSA) is 61.4 Å². The third kappa shape index (κ3) is 5.55. The molecule has 0 bridgehead atoms. The molecule has 126 valence electrons. The lowest BCUT2D eigenvalue weighted by molar-refractivity contribution is -0.129. The van der Waals surface area contributed by atoms with Crippen LogP contribution in [-0.2, 0) is 9.59 Å². The van der Waals surface area contributed by atoms with Gasteiger partial charge in [0, 0.05) is 30.6 Å². The summed E-state index contributed by atoms with van der Waals surface area (Å²) in [6.07, 6.45) is 0. The van der Waals surface area contributed by atoms with Gasteiger partial charge in [-0.25, -0.2) is 0 Å². The molecule has 1 fully saturated rings. The molecule has 1 aromatic rings. The summed E-state index contributed by atoms with van der Waals surface area (Å²) < 4.78 is 0. The fourth-order valence-corrected chi connectivity index (χ4v) is 3.57. The van der Waals surface area contributed by atoms with E-state index >= 15 is 0 Å². The predicted molar refractivity (Wildman–Crippen MR) is 94.4 cm³/mol. The lowest BCUT2D eigenvalue weighted by Crippen LogP contribution is -2.47. The highest BCUT2D eigenvalue weighted by molar-refractivity contribution is 7.99. The van der Waals surface area contributed by atoms with E-state index in [1.54, 1.807) is 0 Å². The van der Waals surface area contributed by atoms with Crippen molar-refractivity contribution >= 4 is 23.6 Å². The van der Waals surface area contributed by atoms with Gasteiger partial charge in [-0.1, -0.05) is 30.3 Å². The summed E-state index contributed by atoms with van der Waals surface area (Å²) in [7, 11) is 0. The fourth-order valence-electron chi connectivity index (χ4n) is 2.64. The number of carbonyl (C=O) groups excluding carboxylic acids is 2. The molecule has 23 heavy (non-hydrogen) atoms. The van der Waals surface area contributed by atoms with E-state index in [1.807, 2.05) is 55.9 Å². The molecule has 1 aromatic carbocycles. The number of hydrogen-bond acceptors (Lipinski definition) is 4. The van der Waals surface area contributed by atoms with Crippen LogP contribution in [-0.4, -0.2) is 53.9 Å². The van der Waals surface area contributed by atoms with Gasteiger partial charge >= 0.3 is 0 Å². The summed E-state index contributed by atoms with van der Waals surface area (Å²) in [5, 5.41) is 5.57. The Balaban J connectivity index is 2.04. The van der Waals surface area contributed by atoms with E-state index in [1.165, 1.54) is 0 Å². The first-order valence-corrected chi connectivity index (χ1v) is 9.17. The molecular formula is C17H25N3O2S. The van der Waals surface area contributed by atoms with E-state index in [0.717, 1.165) is 30.2 Å². The number of rotatable bonds is 6. The molecule has 2 rings (SSSR count). The molecule has 1 heterocycles. The van der Waals surface area contributed by atoms with Gasteiger partial charge in [-0.3, -0.25) is 14.5 Å². The molecule has 1 aliphatic heterocycles. The molecular weight excluding hydrogens is 310 g/mol. The van der Waals surface area contributed by atoms with Gasteiger partial charge in [-0.15, -0.1) is 0 Å². The molecule has 0 aromatic heterocycles. The van der Waals surface area contributed by atoms with Crippen molar-refractivity contribution < 1.29 is 9.59 Å². The molecule has 0 radical (unpaired) electrons. The normalized spacial score (nSPS) is 16.8. The van der Waals surface area contributed by atoms with Crippen LogP contribution in [0, 0.1) is 0 Å². The Morgan fingerprint density at radius 1 is 1.17 bits per heavy atom. The van der Waals surface area contributed by atoms with Crippen molar-refractivity contribution in [2.45, 2.75) is 25.9 Å². The van der Waals surface area contributed by atoms with Gasteiger partial charge in [0.15, 0.2) is 0 Å². The molecule has 0 spiro atoms. The first-order chi connectivity index (χ1) is 11.1. The first kappa shape index (κ1) is 17.8. The monoisotopic (exact) mass is 335 g/mol. The van der Waals surface area contributed by atoms with Gasteiger partial charge in [0.25, 0.3) is 0 Å². The van der Waals surface area contributed by atoms with Crippen LogP contribution in [0.4, 0.5) is 0 Å². The Kier molecular flexibility index (Phi) is 6.92. The molecule has 2 amide bonds. The standard InChI is InChI=1S/C17H25N3O2S/c1-13(2)19-15(21)12-18-17(22)16(14-6-4-3-5-7-14)20-8-10-23-11-9-20/h3-7,13,16H,8-12H2,1-2H3,(H,18,22)(H,19,21). The molecule has 1 aliphatic rings. The average molecular weight is 335 g/mol. The number of amides is 2. The van der Waals surface area contributed by atoms with Crippen LogP contribution in [0.3, 0.4) is 0 Å². The van der Waals surface area contributed by atoms with E-state index in [4.69, 9.17) is 0 Å². The maximum absolute atomic E-state index is 12.7. The van der Waals surface area contributed by atoms with E-state index in [-0.39, 0.29) is 30.4 Å². The van der Waals surface area contributed by atoms with Gasteiger partial charge in [0.05, 0.1) is 6.54 Å². The summed E-state index contributed by atoms with van der Waals surface area (Å²) >= 11 is 1.91. The van der Waals surface area contributed by atoms with Crippen LogP contribution >= 0.6 is 11.8 Å².